The van der Waals surface area contributed by atoms with Gasteiger partial charge in [0.25, 0.3) is 0 Å². The Morgan fingerprint density at radius 2 is 1.88 bits per heavy atom. The van der Waals surface area contributed by atoms with Gasteiger partial charge in [0, 0.05) is 32.7 Å². The van der Waals surface area contributed by atoms with E-state index in [-0.39, 0.29) is 17.9 Å². The molecular weight excluding hydrogens is 340 g/mol. The van der Waals surface area contributed by atoms with Crippen molar-refractivity contribution in [2.24, 2.45) is 0 Å². The first-order chi connectivity index (χ1) is 12.0. The van der Waals surface area contributed by atoms with Crippen molar-refractivity contribution in [3.05, 3.63) is 29.3 Å². The van der Waals surface area contributed by atoms with Crippen LogP contribution in [0.15, 0.2) is 24.3 Å². The Kier molecular flexibility index (Phi) is 5.61. The maximum absolute atomic E-state index is 12.7. The van der Waals surface area contributed by atoms with Crippen LogP contribution in [0.1, 0.15) is 13.3 Å². The van der Waals surface area contributed by atoms with Gasteiger partial charge in [-0.05, 0) is 32.5 Å². The minimum atomic E-state index is -0.473. The molecule has 0 bridgehead atoms. The van der Waals surface area contributed by atoms with E-state index in [2.05, 4.69) is 22.2 Å². The molecule has 3 rings (SSSR count). The van der Waals surface area contributed by atoms with Crippen molar-refractivity contribution in [1.82, 2.24) is 15.1 Å². The highest BCUT2D eigenvalue weighted by atomic mass is 35.5. The van der Waals surface area contributed by atoms with E-state index < -0.39 is 6.04 Å². The molecule has 2 heterocycles. The molecule has 6 nitrogen and oxygen atoms in total. The number of rotatable bonds is 4. The van der Waals surface area contributed by atoms with Gasteiger partial charge in [-0.15, -0.1) is 0 Å². The summed E-state index contributed by atoms with van der Waals surface area (Å²) in [7, 11) is 2.09. The number of nitrogens with one attached hydrogen (secondary N) is 1. The summed E-state index contributed by atoms with van der Waals surface area (Å²) in [5, 5.41) is 3.48. The second-order valence-corrected chi connectivity index (χ2v) is 7.21. The second kappa shape index (κ2) is 7.72. The second-order valence-electron chi connectivity index (χ2n) is 6.81. The first-order valence-electron chi connectivity index (χ1n) is 8.76. The third-order valence-corrected chi connectivity index (χ3v) is 5.45. The Morgan fingerprint density at radius 1 is 1.20 bits per heavy atom. The van der Waals surface area contributed by atoms with Crippen molar-refractivity contribution in [3.63, 3.8) is 0 Å². The van der Waals surface area contributed by atoms with Crippen molar-refractivity contribution in [2.75, 3.05) is 44.7 Å². The van der Waals surface area contributed by atoms with E-state index in [0.29, 0.717) is 23.7 Å². The third kappa shape index (κ3) is 3.97. The predicted molar refractivity (Wildman–Crippen MR) is 98.9 cm³/mol. The zero-order valence-corrected chi connectivity index (χ0v) is 15.5. The van der Waals surface area contributed by atoms with Gasteiger partial charge >= 0.3 is 0 Å². The molecule has 0 saturated carbocycles. The molecule has 2 saturated heterocycles. The topological polar surface area (TPSA) is 55.9 Å². The lowest BCUT2D eigenvalue weighted by molar-refractivity contribution is -0.130. The number of anilines is 1. The highest BCUT2D eigenvalue weighted by Gasteiger charge is 2.36. The van der Waals surface area contributed by atoms with Crippen LogP contribution in [0.25, 0.3) is 0 Å². The Bertz CT molecular complexity index is 646. The number of carbonyl (C=O) groups is 2. The summed E-state index contributed by atoms with van der Waals surface area (Å²) >= 11 is 6.19. The smallest absolute Gasteiger partial charge is 0.249 e. The van der Waals surface area contributed by atoms with E-state index in [1.165, 1.54) is 0 Å². The molecule has 136 valence electrons. The highest BCUT2D eigenvalue weighted by molar-refractivity contribution is 6.34. The van der Waals surface area contributed by atoms with Gasteiger partial charge in [-0.3, -0.25) is 14.5 Å². The fourth-order valence-electron chi connectivity index (χ4n) is 3.39. The lowest BCUT2D eigenvalue weighted by atomic mass is 10.2. The fourth-order valence-corrected chi connectivity index (χ4v) is 3.63. The molecule has 0 unspecified atom stereocenters. The maximum atomic E-state index is 12.7. The van der Waals surface area contributed by atoms with Gasteiger partial charge < -0.3 is 15.1 Å². The summed E-state index contributed by atoms with van der Waals surface area (Å²) in [6.45, 7) is 6.13. The van der Waals surface area contributed by atoms with Crippen molar-refractivity contribution in [3.8, 4) is 0 Å². The number of halogens is 1. The van der Waals surface area contributed by atoms with Crippen molar-refractivity contribution >= 4 is 29.1 Å². The van der Waals surface area contributed by atoms with Crippen LogP contribution < -0.4 is 10.2 Å². The Labute approximate surface area is 153 Å². The largest absolute Gasteiger partial charge is 0.343 e. The lowest BCUT2D eigenvalue weighted by Crippen LogP contribution is -2.55. The van der Waals surface area contributed by atoms with Crippen LogP contribution in [-0.4, -0.2) is 73.5 Å². The van der Waals surface area contributed by atoms with Gasteiger partial charge in [0.2, 0.25) is 11.8 Å². The Morgan fingerprint density at radius 3 is 2.56 bits per heavy atom. The van der Waals surface area contributed by atoms with Gasteiger partial charge in [0.1, 0.15) is 6.04 Å². The maximum Gasteiger partial charge on any atom is 0.249 e. The average molecular weight is 365 g/mol. The van der Waals surface area contributed by atoms with Crippen LogP contribution >= 0.6 is 11.6 Å². The number of carbonyl (C=O) groups excluding carboxylic acids is 2. The number of likely N-dealkylation sites (N-methyl/N-ethyl adjacent to an activating group) is 1. The zero-order valence-electron chi connectivity index (χ0n) is 14.7. The molecule has 2 aliphatic rings. The molecule has 2 atom stereocenters. The molecule has 0 aromatic heterocycles. The third-order valence-electron chi connectivity index (χ3n) is 5.13. The zero-order chi connectivity index (χ0) is 18.0. The first-order valence-corrected chi connectivity index (χ1v) is 9.14. The van der Waals surface area contributed by atoms with E-state index in [4.69, 9.17) is 11.6 Å². The number of hydrogen-bond donors (Lipinski definition) is 1. The SMILES string of the molecule is C[C@H](C(=O)N[C@H]1CCN(c2ccccc2Cl)C1=O)N1CCN(C)CC1. The molecule has 2 fully saturated rings. The van der Waals surface area contributed by atoms with Gasteiger partial charge in [-0.1, -0.05) is 23.7 Å². The molecule has 0 spiro atoms. The van der Waals surface area contributed by atoms with E-state index in [1.54, 1.807) is 11.0 Å². The molecule has 7 heteroatoms. The van der Waals surface area contributed by atoms with Gasteiger partial charge in [0.15, 0.2) is 0 Å². The molecule has 1 aromatic rings. The molecule has 2 aliphatic heterocycles. The molecule has 1 aromatic carbocycles. The monoisotopic (exact) mass is 364 g/mol. The summed E-state index contributed by atoms with van der Waals surface area (Å²) in [6, 6.07) is 6.59. The molecular formula is C18H25ClN4O2. The van der Waals surface area contributed by atoms with Gasteiger partial charge in [-0.2, -0.15) is 0 Å². The molecule has 0 radical (unpaired) electrons. The van der Waals surface area contributed by atoms with Crippen LogP contribution in [0.2, 0.25) is 5.02 Å². The number of para-hydroxylation sites is 1. The lowest BCUT2D eigenvalue weighted by Gasteiger charge is -2.35. The standard InChI is InChI=1S/C18H25ClN4O2/c1-13(22-11-9-21(2)10-12-22)17(24)20-15-7-8-23(18(15)25)16-6-4-3-5-14(16)19/h3-6,13,15H,7-12H2,1-2H3,(H,20,24)/t13-,15+/m1/s1. The average Bonchev–Trinajstić information content (AvgIpc) is 2.96. The predicted octanol–water partition coefficient (Wildman–Crippen LogP) is 1.20. The van der Waals surface area contributed by atoms with Crippen molar-refractivity contribution < 1.29 is 9.59 Å². The van der Waals surface area contributed by atoms with Crippen molar-refractivity contribution in [1.29, 1.82) is 0 Å². The van der Waals surface area contributed by atoms with Crippen LogP contribution in [-0.2, 0) is 9.59 Å². The van der Waals surface area contributed by atoms with Crippen LogP contribution in [0.4, 0.5) is 5.69 Å². The first kappa shape index (κ1) is 18.2. The number of amides is 2. The highest BCUT2D eigenvalue weighted by Crippen LogP contribution is 2.29. The normalized spacial score (nSPS) is 23.7. The molecule has 0 aliphatic carbocycles. The summed E-state index contributed by atoms with van der Waals surface area (Å²) in [5.74, 6) is -0.170. The number of benzene rings is 1. The molecule has 25 heavy (non-hydrogen) atoms. The van der Waals surface area contributed by atoms with E-state index in [9.17, 15) is 9.59 Å². The van der Waals surface area contributed by atoms with E-state index in [1.807, 2.05) is 25.1 Å². The molecule has 1 N–H and O–H groups in total. The quantitative estimate of drug-likeness (QED) is 0.872. The van der Waals surface area contributed by atoms with Crippen LogP contribution in [0.5, 0.6) is 0 Å². The number of piperazine rings is 1. The summed E-state index contributed by atoms with van der Waals surface area (Å²) in [6.07, 6.45) is 0.602. The fraction of sp³-hybridized carbons (Fsp3) is 0.556. The Hall–Kier alpha value is -1.63. The van der Waals surface area contributed by atoms with Crippen LogP contribution in [0, 0.1) is 0 Å². The Balaban J connectivity index is 1.59. The summed E-state index contributed by atoms with van der Waals surface area (Å²) in [5.41, 5.74) is 0.707. The summed E-state index contributed by atoms with van der Waals surface area (Å²) < 4.78 is 0. The van der Waals surface area contributed by atoms with Crippen LogP contribution in [0.3, 0.4) is 0 Å². The van der Waals surface area contributed by atoms with E-state index in [0.717, 1.165) is 26.2 Å². The van der Waals surface area contributed by atoms with Gasteiger partial charge in [-0.25, -0.2) is 0 Å². The number of nitrogens with zero attached hydrogens (tertiary/aromatic N) is 3. The summed E-state index contributed by atoms with van der Waals surface area (Å²) in [4.78, 5) is 31.3. The van der Waals surface area contributed by atoms with Gasteiger partial charge in [0.05, 0.1) is 16.8 Å². The molecule has 2 amide bonds. The number of hydrogen-bond acceptors (Lipinski definition) is 4. The van der Waals surface area contributed by atoms with Crippen molar-refractivity contribution in [2.45, 2.75) is 25.4 Å². The van der Waals surface area contributed by atoms with E-state index >= 15 is 0 Å². The minimum Gasteiger partial charge on any atom is -0.343 e. The minimum absolute atomic E-state index is 0.0797.